The van der Waals surface area contributed by atoms with E-state index in [9.17, 15) is 4.79 Å². The molecule has 21 heavy (non-hydrogen) atoms. The van der Waals surface area contributed by atoms with Crippen LogP contribution in [0, 0.1) is 0 Å². The quantitative estimate of drug-likeness (QED) is 0.621. The number of nitrogen functional groups attached to an aromatic ring is 1. The van der Waals surface area contributed by atoms with Crippen molar-refractivity contribution >= 4 is 23.4 Å². The van der Waals surface area contributed by atoms with Gasteiger partial charge in [0.2, 0.25) is 5.91 Å². The Morgan fingerprint density at radius 3 is 2.95 bits per heavy atom. The number of benzene rings is 1. The molecular weight excluding hydrogens is 288 g/mol. The number of thioether (sulfide) groups is 1. The number of hydrogen-bond acceptors (Lipinski definition) is 5. The van der Waals surface area contributed by atoms with Crippen LogP contribution in [0.2, 0.25) is 0 Å². The molecule has 6 heteroatoms. The minimum Gasteiger partial charge on any atom is -0.494 e. The molecule has 0 aromatic heterocycles. The Labute approximate surface area is 129 Å². The second-order valence-electron chi connectivity index (χ2n) is 4.88. The van der Waals surface area contributed by atoms with E-state index in [0.717, 1.165) is 36.7 Å². The van der Waals surface area contributed by atoms with Gasteiger partial charge in [-0.15, -0.1) is 11.8 Å². The van der Waals surface area contributed by atoms with Crippen LogP contribution in [0.1, 0.15) is 19.8 Å². The zero-order valence-corrected chi connectivity index (χ0v) is 13.1. The molecule has 0 aliphatic carbocycles. The minimum atomic E-state index is 0.0353. The molecule has 0 bridgehead atoms. The third-order valence-electron chi connectivity index (χ3n) is 3.24. The van der Waals surface area contributed by atoms with E-state index in [0.29, 0.717) is 18.0 Å². The highest BCUT2D eigenvalue weighted by atomic mass is 32.2. The number of hydrogen-bond donors (Lipinski definition) is 2. The molecule has 0 radical (unpaired) electrons. The van der Waals surface area contributed by atoms with Crippen molar-refractivity contribution in [3.05, 3.63) is 18.2 Å². The first kappa shape index (κ1) is 16.0. The van der Waals surface area contributed by atoms with Crippen LogP contribution in [0.25, 0.3) is 0 Å². The number of amides is 1. The maximum Gasteiger partial charge on any atom is 0.230 e. The summed E-state index contributed by atoms with van der Waals surface area (Å²) in [4.78, 5) is 12.8. The summed E-state index contributed by atoms with van der Waals surface area (Å²) in [6.45, 7) is 3.99. The molecule has 1 amide bonds. The fourth-order valence-corrected chi connectivity index (χ4v) is 2.95. The molecule has 1 heterocycles. The molecule has 5 nitrogen and oxygen atoms in total. The highest BCUT2D eigenvalue weighted by Crippen LogP contribution is 2.29. The summed E-state index contributed by atoms with van der Waals surface area (Å²) in [5.41, 5.74) is 6.60. The summed E-state index contributed by atoms with van der Waals surface area (Å²) in [6.07, 6.45) is 1.77. The zero-order chi connectivity index (χ0) is 15.1. The van der Waals surface area contributed by atoms with Crippen LogP contribution >= 0.6 is 11.8 Å². The van der Waals surface area contributed by atoms with Crippen molar-refractivity contribution in [3.8, 4) is 5.75 Å². The van der Waals surface area contributed by atoms with Gasteiger partial charge >= 0.3 is 0 Å². The van der Waals surface area contributed by atoms with Crippen molar-refractivity contribution < 1.29 is 14.3 Å². The van der Waals surface area contributed by atoms with Crippen molar-refractivity contribution in [3.63, 3.8) is 0 Å². The average molecular weight is 310 g/mol. The van der Waals surface area contributed by atoms with Gasteiger partial charge in [-0.05, 0) is 38.0 Å². The number of carbonyl (C=O) groups is 1. The molecule has 2 rings (SSSR count). The van der Waals surface area contributed by atoms with E-state index < -0.39 is 0 Å². The zero-order valence-electron chi connectivity index (χ0n) is 12.3. The van der Waals surface area contributed by atoms with Crippen LogP contribution in [0.15, 0.2) is 23.1 Å². The standard InChI is InChI=1S/C15H22N2O3S/c1-2-20-12-3-4-13(16)14(9-12)21-10-15(18)17-11-5-7-19-8-6-11/h3-4,9,11H,2,5-8,10,16H2,1H3,(H,17,18). The number of ether oxygens (including phenoxy) is 2. The van der Waals surface area contributed by atoms with Crippen molar-refractivity contribution in [1.29, 1.82) is 0 Å². The Kier molecular flexibility index (Phi) is 6.20. The van der Waals surface area contributed by atoms with Gasteiger partial charge in [-0.1, -0.05) is 0 Å². The molecule has 0 saturated carbocycles. The smallest absolute Gasteiger partial charge is 0.230 e. The highest BCUT2D eigenvalue weighted by Gasteiger charge is 2.16. The Balaban J connectivity index is 1.83. The van der Waals surface area contributed by atoms with E-state index in [1.807, 2.05) is 25.1 Å². The maximum atomic E-state index is 12.0. The van der Waals surface area contributed by atoms with Gasteiger partial charge in [0.1, 0.15) is 5.75 Å². The van der Waals surface area contributed by atoms with Crippen molar-refractivity contribution in [2.75, 3.05) is 31.3 Å². The fourth-order valence-electron chi connectivity index (χ4n) is 2.15. The minimum absolute atomic E-state index is 0.0353. The largest absolute Gasteiger partial charge is 0.494 e. The monoisotopic (exact) mass is 310 g/mol. The molecule has 3 N–H and O–H groups in total. The lowest BCUT2D eigenvalue weighted by molar-refractivity contribution is -0.119. The summed E-state index contributed by atoms with van der Waals surface area (Å²) in [5.74, 6) is 1.17. The van der Waals surface area contributed by atoms with Gasteiger partial charge in [-0.3, -0.25) is 4.79 Å². The van der Waals surface area contributed by atoms with E-state index >= 15 is 0 Å². The predicted molar refractivity (Wildman–Crippen MR) is 84.7 cm³/mol. The first-order valence-electron chi connectivity index (χ1n) is 7.21. The molecule has 1 saturated heterocycles. The van der Waals surface area contributed by atoms with Gasteiger partial charge in [0.25, 0.3) is 0 Å². The summed E-state index contributed by atoms with van der Waals surface area (Å²) in [6, 6.07) is 5.76. The number of carbonyl (C=O) groups excluding carboxylic acids is 1. The van der Waals surface area contributed by atoms with Crippen LogP contribution in [0.5, 0.6) is 5.75 Å². The molecule has 1 aromatic rings. The van der Waals surface area contributed by atoms with Crippen molar-refractivity contribution in [2.45, 2.75) is 30.7 Å². The molecular formula is C15H22N2O3S. The molecule has 0 spiro atoms. The van der Waals surface area contributed by atoms with Gasteiger partial charge < -0.3 is 20.5 Å². The molecule has 0 unspecified atom stereocenters. The highest BCUT2D eigenvalue weighted by molar-refractivity contribution is 8.00. The van der Waals surface area contributed by atoms with Gasteiger partial charge in [0.15, 0.2) is 0 Å². The van der Waals surface area contributed by atoms with Gasteiger partial charge in [0, 0.05) is 29.8 Å². The fraction of sp³-hybridized carbons (Fsp3) is 0.533. The van der Waals surface area contributed by atoms with Crippen LogP contribution in [-0.2, 0) is 9.53 Å². The SMILES string of the molecule is CCOc1ccc(N)c(SCC(=O)NC2CCOCC2)c1. The third-order valence-corrected chi connectivity index (χ3v) is 4.31. The lowest BCUT2D eigenvalue weighted by atomic mass is 10.1. The summed E-state index contributed by atoms with van der Waals surface area (Å²) in [5, 5.41) is 3.04. The first-order chi connectivity index (χ1) is 10.2. The Morgan fingerprint density at radius 2 is 2.24 bits per heavy atom. The molecule has 1 fully saturated rings. The second-order valence-corrected chi connectivity index (χ2v) is 5.89. The lowest BCUT2D eigenvalue weighted by Crippen LogP contribution is -2.39. The van der Waals surface area contributed by atoms with Gasteiger partial charge in [-0.2, -0.15) is 0 Å². The molecule has 1 aliphatic rings. The summed E-state index contributed by atoms with van der Waals surface area (Å²) in [7, 11) is 0. The van der Waals surface area contributed by atoms with Crippen LogP contribution in [0.4, 0.5) is 5.69 Å². The summed E-state index contributed by atoms with van der Waals surface area (Å²) >= 11 is 1.44. The second kappa shape index (κ2) is 8.14. The van der Waals surface area contributed by atoms with Gasteiger partial charge in [-0.25, -0.2) is 0 Å². The number of nitrogens with two attached hydrogens (primary N) is 1. The first-order valence-corrected chi connectivity index (χ1v) is 8.20. The molecule has 1 aliphatic heterocycles. The van der Waals surface area contributed by atoms with Crippen LogP contribution in [-0.4, -0.2) is 37.5 Å². The van der Waals surface area contributed by atoms with E-state index in [1.165, 1.54) is 11.8 Å². The molecule has 0 atom stereocenters. The van der Waals surface area contributed by atoms with E-state index in [4.69, 9.17) is 15.2 Å². The van der Waals surface area contributed by atoms with E-state index in [-0.39, 0.29) is 11.9 Å². The lowest BCUT2D eigenvalue weighted by Gasteiger charge is -2.23. The number of rotatable bonds is 6. The summed E-state index contributed by atoms with van der Waals surface area (Å²) < 4.78 is 10.7. The molecule has 1 aromatic carbocycles. The van der Waals surface area contributed by atoms with Crippen LogP contribution in [0.3, 0.4) is 0 Å². The topological polar surface area (TPSA) is 73.6 Å². The Hall–Kier alpha value is -1.40. The Bertz CT molecular complexity index is 476. The van der Waals surface area contributed by atoms with E-state index in [1.54, 1.807) is 0 Å². The van der Waals surface area contributed by atoms with Crippen molar-refractivity contribution in [1.82, 2.24) is 5.32 Å². The third kappa shape index (κ3) is 5.13. The maximum absolute atomic E-state index is 12.0. The van der Waals surface area contributed by atoms with Crippen molar-refractivity contribution in [2.24, 2.45) is 0 Å². The molecule has 116 valence electrons. The normalized spacial score (nSPS) is 15.7. The van der Waals surface area contributed by atoms with Crippen LogP contribution < -0.4 is 15.8 Å². The van der Waals surface area contributed by atoms with Gasteiger partial charge in [0.05, 0.1) is 12.4 Å². The number of anilines is 1. The Morgan fingerprint density at radius 1 is 1.48 bits per heavy atom. The van der Waals surface area contributed by atoms with E-state index in [2.05, 4.69) is 5.32 Å². The predicted octanol–water partition coefficient (Wildman–Crippen LogP) is 2.05. The number of nitrogens with one attached hydrogen (secondary N) is 1. The average Bonchev–Trinajstić information content (AvgIpc) is 2.49.